The van der Waals surface area contributed by atoms with Gasteiger partial charge >= 0.3 is 5.97 Å². The molecule has 4 heteroatoms. The molecule has 0 aromatic heterocycles. The van der Waals surface area contributed by atoms with Crippen LogP contribution in [0.1, 0.15) is 28.8 Å². The van der Waals surface area contributed by atoms with Gasteiger partial charge in [0.2, 0.25) is 0 Å². The molecule has 0 bridgehead atoms. The Balaban J connectivity index is 1.91. The number of ether oxygens (including phenoxy) is 1. The molecule has 120 valence electrons. The fourth-order valence-corrected chi connectivity index (χ4v) is 3.13. The fraction of sp³-hybridized carbons (Fsp3) is 0.316. The molecule has 0 unspecified atom stereocenters. The molecule has 1 saturated heterocycles. The van der Waals surface area contributed by atoms with Gasteiger partial charge in [-0.15, -0.1) is 0 Å². The van der Waals surface area contributed by atoms with Crippen LogP contribution in [-0.2, 0) is 10.3 Å². The zero-order valence-corrected chi connectivity index (χ0v) is 13.3. The van der Waals surface area contributed by atoms with Gasteiger partial charge in [0, 0.05) is 25.6 Å². The quantitative estimate of drug-likeness (QED) is 0.852. The lowest BCUT2D eigenvalue weighted by Gasteiger charge is -2.37. The predicted molar refractivity (Wildman–Crippen MR) is 91.6 cm³/mol. The molecule has 0 radical (unpaired) electrons. The van der Waals surface area contributed by atoms with Gasteiger partial charge in [-0.25, -0.2) is 4.79 Å². The second kappa shape index (κ2) is 6.84. The number of hydrogen-bond acceptors (Lipinski definition) is 4. The van der Waals surface area contributed by atoms with Crippen LogP contribution in [0.15, 0.2) is 54.6 Å². The molecule has 0 atom stereocenters. The molecule has 0 aliphatic carbocycles. The summed E-state index contributed by atoms with van der Waals surface area (Å²) in [5.41, 5.74) is 1.88. The third-order valence-electron chi connectivity index (χ3n) is 4.42. The van der Waals surface area contributed by atoms with Crippen molar-refractivity contribution < 1.29 is 9.53 Å². The Morgan fingerprint density at radius 2 is 1.70 bits per heavy atom. The lowest BCUT2D eigenvalue weighted by Crippen LogP contribution is -2.43. The molecule has 3 rings (SSSR count). The summed E-state index contributed by atoms with van der Waals surface area (Å²) in [4.78, 5) is 12.8. The Bertz CT molecular complexity index is 664. The highest BCUT2D eigenvalue weighted by molar-refractivity contribution is 5.95. The van der Waals surface area contributed by atoms with E-state index in [-0.39, 0.29) is 5.97 Å². The number of para-hydroxylation sites is 1. The largest absolute Gasteiger partial charge is 0.450 e. The third kappa shape index (κ3) is 3.22. The van der Waals surface area contributed by atoms with E-state index in [9.17, 15) is 4.79 Å². The van der Waals surface area contributed by atoms with E-state index in [1.54, 1.807) is 6.07 Å². The van der Waals surface area contributed by atoms with Crippen molar-refractivity contribution in [1.29, 1.82) is 0 Å². The van der Waals surface area contributed by atoms with Crippen molar-refractivity contribution in [1.82, 2.24) is 5.32 Å². The van der Waals surface area contributed by atoms with E-state index in [1.807, 2.05) is 55.6 Å². The van der Waals surface area contributed by atoms with E-state index in [2.05, 4.69) is 10.6 Å². The maximum Gasteiger partial charge on any atom is 0.341 e. The highest BCUT2D eigenvalue weighted by Gasteiger charge is 2.38. The molecule has 1 aliphatic rings. The van der Waals surface area contributed by atoms with Crippen LogP contribution in [0.25, 0.3) is 0 Å². The van der Waals surface area contributed by atoms with Crippen molar-refractivity contribution >= 4 is 11.7 Å². The highest BCUT2D eigenvalue weighted by Crippen LogP contribution is 2.36. The number of anilines is 1. The lowest BCUT2D eigenvalue weighted by molar-refractivity contribution is -0.0377. The number of carbonyl (C=O) groups is 1. The second-order valence-corrected chi connectivity index (χ2v) is 5.80. The first-order valence-corrected chi connectivity index (χ1v) is 8.01. The number of carbonyl (C=O) groups excluding carboxylic acids is 1. The molecule has 0 spiro atoms. The molecule has 1 heterocycles. The summed E-state index contributed by atoms with van der Waals surface area (Å²) in [6.45, 7) is 1.69. The van der Waals surface area contributed by atoms with Crippen LogP contribution in [0.5, 0.6) is 0 Å². The molecule has 2 N–H and O–H groups in total. The van der Waals surface area contributed by atoms with Gasteiger partial charge in [-0.05, 0) is 30.8 Å². The minimum Gasteiger partial charge on any atom is -0.450 e. The monoisotopic (exact) mass is 310 g/mol. The zero-order chi connectivity index (χ0) is 16.1. The molecular weight excluding hydrogens is 288 g/mol. The van der Waals surface area contributed by atoms with Crippen LogP contribution in [0, 0.1) is 0 Å². The Morgan fingerprint density at radius 1 is 1.04 bits per heavy atom. The average molecular weight is 310 g/mol. The predicted octanol–water partition coefficient (Wildman–Crippen LogP) is 3.16. The average Bonchev–Trinajstić information content (AvgIpc) is 2.63. The van der Waals surface area contributed by atoms with Crippen LogP contribution in [0.2, 0.25) is 0 Å². The molecule has 2 aromatic carbocycles. The summed E-state index contributed by atoms with van der Waals surface area (Å²) in [5, 5.41) is 6.39. The van der Waals surface area contributed by atoms with Crippen LogP contribution in [0.3, 0.4) is 0 Å². The maximum absolute atomic E-state index is 12.8. The van der Waals surface area contributed by atoms with Crippen LogP contribution in [0.4, 0.5) is 5.69 Å². The van der Waals surface area contributed by atoms with Crippen molar-refractivity contribution in [3.8, 4) is 0 Å². The Kier molecular flexibility index (Phi) is 4.63. The number of benzene rings is 2. The number of hydrogen-bond donors (Lipinski definition) is 2. The summed E-state index contributed by atoms with van der Waals surface area (Å²) in [6, 6.07) is 17.5. The topological polar surface area (TPSA) is 50.4 Å². The summed E-state index contributed by atoms with van der Waals surface area (Å²) < 4.78 is 6.07. The number of piperidine rings is 1. The summed E-state index contributed by atoms with van der Waals surface area (Å²) >= 11 is 0. The molecule has 0 saturated carbocycles. The van der Waals surface area contributed by atoms with Gasteiger partial charge in [0.05, 0.1) is 5.56 Å². The minimum atomic E-state index is -0.551. The van der Waals surface area contributed by atoms with Crippen LogP contribution >= 0.6 is 0 Å². The van der Waals surface area contributed by atoms with Crippen molar-refractivity contribution in [2.45, 2.75) is 18.4 Å². The number of nitrogens with one attached hydrogen (secondary N) is 2. The van der Waals surface area contributed by atoms with Crippen molar-refractivity contribution in [3.05, 3.63) is 65.7 Å². The van der Waals surface area contributed by atoms with Gasteiger partial charge in [0.15, 0.2) is 0 Å². The first kappa shape index (κ1) is 15.6. The smallest absolute Gasteiger partial charge is 0.341 e. The van der Waals surface area contributed by atoms with E-state index >= 15 is 0 Å². The van der Waals surface area contributed by atoms with Gasteiger partial charge in [0.1, 0.15) is 5.60 Å². The minimum absolute atomic E-state index is 0.277. The fourth-order valence-electron chi connectivity index (χ4n) is 3.13. The van der Waals surface area contributed by atoms with Crippen LogP contribution < -0.4 is 10.6 Å². The first-order valence-electron chi connectivity index (χ1n) is 8.01. The van der Waals surface area contributed by atoms with Gasteiger partial charge < -0.3 is 15.4 Å². The second-order valence-electron chi connectivity index (χ2n) is 5.80. The Morgan fingerprint density at radius 3 is 2.39 bits per heavy atom. The van der Waals surface area contributed by atoms with Gasteiger partial charge in [-0.1, -0.05) is 42.5 Å². The van der Waals surface area contributed by atoms with E-state index in [0.717, 1.165) is 37.2 Å². The molecule has 1 fully saturated rings. The standard InChI is InChI=1S/C19H22N2O2/c1-20-17-10-6-5-9-16(17)18(22)23-19(11-13-21-14-12-19)15-7-3-2-4-8-15/h2-10,20-21H,11-14H2,1H3. The van der Waals surface area contributed by atoms with E-state index in [0.29, 0.717) is 5.56 Å². The summed E-state index contributed by atoms with van der Waals surface area (Å²) in [5.74, 6) is -0.277. The van der Waals surface area contributed by atoms with Gasteiger partial charge in [0.25, 0.3) is 0 Å². The summed E-state index contributed by atoms with van der Waals surface area (Å²) in [7, 11) is 1.81. The summed E-state index contributed by atoms with van der Waals surface area (Å²) in [6.07, 6.45) is 1.56. The van der Waals surface area contributed by atoms with E-state index in [1.165, 1.54) is 0 Å². The third-order valence-corrected chi connectivity index (χ3v) is 4.42. The molecule has 2 aromatic rings. The molecular formula is C19H22N2O2. The number of rotatable bonds is 4. The van der Waals surface area contributed by atoms with Crippen LogP contribution in [-0.4, -0.2) is 26.1 Å². The highest BCUT2D eigenvalue weighted by atomic mass is 16.6. The first-order chi connectivity index (χ1) is 11.2. The number of esters is 1. The molecule has 0 amide bonds. The van der Waals surface area contributed by atoms with Crippen molar-refractivity contribution in [3.63, 3.8) is 0 Å². The van der Waals surface area contributed by atoms with Gasteiger partial charge in [-0.3, -0.25) is 0 Å². The molecule has 23 heavy (non-hydrogen) atoms. The van der Waals surface area contributed by atoms with E-state index < -0.39 is 5.60 Å². The SMILES string of the molecule is CNc1ccccc1C(=O)OC1(c2ccccc2)CCNCC1. The van der Waals surface area contributed by atoms with Crippen molar-refractivity contribution in [2.75, 3.05) is 25.5 Å². The molecule has 1 aliphatic heterocycles. The van der Waals surface area contributed by atoms with Crippen molar-refractivity contribution in [2.24, 2.45) is 0 Å². The lowest BCUT2D eigenvalue weighted by atomic mass is 9.84. The normalized spacial score (nSPS) is 16.6. The Labute approximate surface area is 136 Å². The Hall–Kier alpha value is -2.33. The zero-order valence-electron chi connectivity index (χ0n) is 13.3. The maximum atomic E-state index is 12.8. The van der Waals surface area contributed by atoms with E-state index in [4.69, 9.17) is 4.74 Å². The molecule has 4 nitrogen and oxygen atoms in total. The van der Waals surface area contributed by atoms with Gasteiger partial charge in [-0.2, -0.15) is 0 Å².